The Morgan fingerprint density at radius 3 is 1.23 bits per heavy atom. The predicted octanol–water partition coefficient (Wildman–Crippen LogP) is 5.47. The smallest absolute Gasteiger partial charge is 0.0657 e. The van der Waals surface area contributed by atoms with Gasteiger partial charge in [-0.1, -0.05) is 18.2 Å². The Hall–Kier alpha value is -3.01. The maximum atomic E-state index is 12.2. The minimum absolute atomic E-state index is 0.438. The van der Waals surface area contributed by atoms with E-state index in [0.29, 0.717) is 5.69 Å². The van der Waals surface area contributed by atoms with Crippen molar-refractivity contribution in [2.45, 2.75) is 0 Å². The van der Waals surface area contributed by atoms with E-state index >= 15 is 0 Å². The second-order valence-electron chi connectivity index (χ2n) is 4.87. The van der Waals surface area contributed by atoms with Crippen LogP contribution in [0.25, 0.3) is 0 Å². The van der Waals surface area contributed by atoms with Crippen molar-refractivity contribution in [3.63, 3.8) is 0 Å². The maximum Gasteiger partial charge on any atom is 0.0657 e. The number of hydrogen-bond acceptors (Lipinski definition) is 3. The van der Waals surface area contributed by atoms with Crippen LogP contribution in [0.1, 0.15) is 0 Å². The predicted molar refractivity (Wildman–Crippen MR) is 90.6 cm³/mol. The molecule has 0 aliphatic carbocycles. The number of hydrogen-bond donors (Lipinski definition) is 3. The lowest BCUT2D eigenvalue weighted by molar-refractivity contribution is 0.618. The van der Waals surface area contributed by atoms with Gasteiger partial charge in [-0.05, 0) is 60.7 Å². The number of halogens is 1. The lowest BCUT2D eigenvalue weighted by atomic mass is 10.2. The van der Waals surface area contributed by atoms with Gasteiger partial charge < -0.3 is 10.6 Å². The minimum Gasteiger partial charge on any atom is -0.356 e. The maximum absolute atomic E-state index is 12.2. The van der Waals surface area contributed by atoms with Crippen LogP contribution in [0.15, 0.2) is 78.9 Å². The lowest BCUT2D eigenvalue weighted by Gasteiger charge is -2.09. The quantitative estimate of drug-likeness (QED) is 0.546. The van der Waals surface area contributed by atoms with Crippen LogP contribution in [0.3, 0.4) is 0 Å². The van der Waals surface area contributed by atoms with Crippen LogP contribution in [-0.2, 0) is 0 Å². The highest BCUT2D eigenvalue weighted by Gasteiger charge is 1.97. The monoisotopic (exact) mass is 293 g/mol. The fourth-order valence-electron chi connectivity index (χ4n) is 2.11. The molecule has 0 aliphatic rings. The van der Waals surface area contributed by atoms with Crippen LogP contribution in [0.2, 0.25) is 0 Å². The number of benzene rings is 3. The van der Waals surface area contributed by atoms with Crippen molar-refractivity contribution in [1.29, 1.82) is 0 Å². The summed E-state index contributed by atoms with van der Waals surface area (Å²) in [7, 11) is 0. The van der Waals surface area contributed by atoms with Gasteiger partial charge in [0.25, 0.3) is 0 Å². The van der Waals surface area contributed by atoms with E-state index in [2.05, 4.69) is 10.6 Å². The molecular formula is C18H16FN3. The highest BCUT2D eigenvalue weighted by molar-refractivity contribution is 5.66. The van der Waals surface area contributed by atoms with E-state index in [1.807, 2.05) is 66.7 Å². The molecule has 3 N–H and O–H groups in total. The third-order valence-corrected chi connectivity index (χ3v) is 3.23. The second-order valence-corrected chi connectivity index (χ2v) is 4.87. The molecule has 0 aromatic heterocycles. The molecule has 0 spiro atoms. The molecule has 0 fully saturated rings. The van der Waals surface area contributed by atoms with Crippen molar-refractivity contribution in [3.8, 4) is 0 Å². The second kappa shape index (κ2) is 6.63. The Kier molecular flexibility index (Phi) is 4.20. The van der Waals surface area contributed by atoms with Crippen molar-refractivity contribution >= 4 is 28.4 Å². The molecule has 0 amide bonds. The average Bonchev–Trinajstić information content (AvgIpc) is 2.58. The van der Waals surface area contributed by atoms with E-state index in [1.165, 1.54) is 0 Å². The van der Waals surface area contributed by atoms with E-state index in [1.54, 1.807) is 17.7 Å². The fourth-order valence-corrected chi connectivity index (χ4v) is 2.11. The van der Waals surface area contributed by atoms with Crippen LogP contribution >= 0.6 is 0 Å². The Bertz CT molecular complexity index is 710. The van der Waals surface area contributed by atoms with Gasteiger partial charge in [0.2, 0.25) is 0 Å². The number of para-hydroxylation sites is 1. The van der Waals surface area contributed by atoms with E-state index in [9.17, 15) is 4.48 Å². The SMILES string of the molecule is FNc1ccc(Nc2ccc(Nc3ccccc3)cc2)cc1. The molecule has 0 saturated heterocycles. The van der Waals surface area contributed by atoms with Gasteiger partial charge in [0.05, 0.1) is 5.69 Å². The third kappa shape index (κ3) is 3.55. The van der Waals surface area contributed by atoms with Crippen LogP contribution in [-0.4, -0.2) is 0 Å². The summed E-state index contributed by atoms with van der Waals surface area (Å²) in [5, 5.41) is 6.60. The van der Waals surface area contributed by atoms with E-state index in [0.717, 1.165) is 22.7 Å². The van der Waals surface area contributed by atoms with Gasteiger partial charge in [-0.3, -0.25) is 0 Å². The standard InChI is InChI=1S/C18H16FN3/c19-22-18-12-10-17(11-13-18)21-16-8-6-15(7-9-16)20-14-4-2-1-3-5-14/h1-13,20-22H. The molecular weight excluding hydrogens is 277 g/mol. The first-order valence-corrected chi connectivity index (χ1v) is 6.99. The molecule has 0 saturated carbocycles. The first kappa shape index (κ1) is 13.9. The normalized spacial score (nSPS) is 10.0. The van der Waals surface area contributed by atoms with Crippen LogP contribution in [0.4, 0.5) is 32.9 Å². The zero-order valence-corrected chi connectivity index (χ0v) is 11.9. The largest absolute Gasteiger partial charge is 0.356 e. The highest BCUT2D eigenvalue weighted by atomic mass is 19.2. The Morgan fingerprint density at radius 2 is 0.818 bits per heavy atom. The van der Waals surface area contributed by atoms with Crippen LogP contribution < -0.4 is 16.2 Å². The molecule has 0 unspecified atom stereocenters. The average molecular weight is 293 g/mol. The van der Waals surface area contributed by atoms with Crippen molar-refractivity contribution in [2.24, 2.45) is 0 Å². The first-order chi connectivity index (χ1) is 10.8. The van der Waals surface area contributed by atoms with Gasteiger partial charge in [-0.2, -0.15) is 0 Å². The van der Waals surface area contributed by atoms with Gasteiger partial charge in [0.1, 0.15) is 0 Å². The summed E-state index contributed by atoms with van der Waals surface area (Å²) in [5.41, 5.74) is 6.00. The molecule has 110 valence electrons. The Balaban J connectivity index is 1.66. The number of anilines is 5. The first-order valence-electron chi connectivity index (χ1n) is 6.99. The molecule has 0 heterocycles. The van der Waals surface area contributed by atoms with Crippen molar-refractivity contribution in [1.82, 2.24) is 0 Å². The minimum atomic E-state index is 0.438. The molecule has 22 heavy (non-hydrogen) atoms. The van der Waals surface area contributed by atoms with Gasteiger partial charge >= 0.3 is 0 Å². The van der Waals surface area contributed by atoms with E-state index in [-0.39, 0.29) is 0 Å². The molecule has 3 nitrogen and oxygen atoms in total. The van der Waals surface area contributed by atoms with Gasteiger partial charge in [0, 0.05) is 22.7 Å². The summed E-state index contributed by atoms with van der Waals surface area (Å²) >= 11 is 0. The molecule has 0 bridgehead atoms. The van der Waals surface area contributed by atoms with Crippen LogP contribution in [0, 0.1) is 0 Å². The van der Waals surface area contributed by atoms with E-state index in [4.69, 9.17) is 0 Å². The molecule has 0 radical (unpaired) electrons. The van der Waals surface area contributed by atoms with Gasteiger partial charge in [-0.15, -0.1) is 4.48 Å². The van der Waals surface area contributed by atoms with Crippen molar-refractivity contribution in [3.05, 3.63) is 78.9 Å². The molecule has 0 atom stereocenters. The molecule has 3 aromatic rings. The summed E-state index contributed by atoms with van der Waals surface area (Å²) in [6, 6.07) is 25.0. The van der Waals surface area contributed by atoms with E-state index < -0.39 is 0 Å². The highest BCUT2D eigenvalue weighted by Crippen LogP contribution is 2.22. The molecule has 4 heteroatoms. The summed E-state index contributed by atoms with van der Waals surface area (Å²) < 4.78 is 12.2. The topological polar surface area (TPSA) is 36.1 Å². The molecule has 3 aromatic carbocycles. The summed E-state index contributed by atoms with van der Waals surface area (Å²) in [4.78, 5) is 0. The van der Waals surface area contributed by atoms with Crippen molar-refractivity contribution < 1.29 is 4.48 Å². The zero-order valence-electron chi connectivity index (χ0n) is 11.9. The number of nitrogens with one attached hydrogen (secondary N) is 3. The molecule has 0 aliphatic heterocycles. The lowest BCUT2D eigenvalue weighted by Crippen LogP contribution is -1.92. The third-order valence-electron chi connectivity index (χ3n) is 3.23. The summed E-state index contributed by atoms with van der Waals surface area (Å²) in [6.45, 7) is 0. The Labute approximate surface area is 128 Å². The number of rotatable bonds is 5. The van der Waals surface area contributed by atoms with Crippen LogP contribution in [0.5, 0.6) is 0 Å². The Morgan fingerprint density at radius 1 is 0.455 bits per heavy atom. The summed E-state index contributed by atoms with van der Waals surface area (Å²) in [5.74, 6) is 0. The van der Waals surface area contributed by atoms with Crippen molar-refractivity contribution in [2.75, 3.05) is 16.2 Å². The molecule has 3 rings (SSSR count). The van der Waals surface area contributed by atoms with Gasteiger partial charge in [-0.25, -0.2) is 5.54 Å². The summed E-state index contributed by atoms with van der Waals surface area (Å²) in [6.07, 6.45) is 0. The zero-order chi connectivity index (χ0) is 15.2. The van der Waals surface area contributed by atoms with Gasteiger partial charge in [0.15, 0.2) is 0 Å². The fraction of sp³-hybridized carbons (Fsp3) is 0.